The van der Waals surface area contributed by atoms with Gasteiger partial charge in [-0.1, -0.05) is 19.4 Å². The largest absolute Gasteiger partial charge is 0.330 e. The van der Waals surface area contributed by atoms with Crippen molar-refractivity contribution in [3.63, 3.8) is 0 Å². The molecule has 112 valence electrons. The second-order valence-corrected chi connectivity index (χ2v) is 7.05. The molecule has 2 rings (SSSR count). The van der Waals surface area contributed by atoms with E-state index >= 15 is 0 Å². The van der Waals surface area contributed by atoms with E-state index in [9.17, 15) is 12.8 Å². The second-order valence-electron chi connectivity index (χ2n) is 5.16. The molecular formula is C14H21FN2O2S. The van der Waals surface area contributed by atoms with Crippen LogP contribution in [0.4, 0.5) is 4.39 Å². The molecule has 0 heterocycles. The lowest BCUT2D eigenvalue weighted by Crippen LogP contribution is -2.44. The molecular weight excluding hydrogens is 279 g/mol. The molecule has 20 heavy (non-hydrogen) atoms. The topological polar surface area (TPSA) is 63.4 Å². The molecule has 2 atom stereocenters. The fourth-order valence-corrected chi connectivity index (χ4v) is 4.77. The minimum absolute atomic E-state index is 0.0158. The second kappa shape index (κ2) is 6.20. The third-order valence-electron chi connectivity index (χ3n) is 4.01. The number of halogens is 1. The van der Waals surface area contributed by atoms with Crippen LogP contribution in [0.25, 0.3) is 0 Å². The smallest absolute Gasteiger partial charge is 0.243 e. The summed E-state index contributed by atoms with van der Waals surface area (Å²) in [6.07, 6.45) is 2.77. The van der Waals surface area contributed by atoms with Crippen molar-refractivity contribution in [2.45, 2.75) is 37.1 Å². The van der Waals surface area contributed by atoms with Gasteiger partial charge < -0.3 is 5.73 Å². The number of hydrogen-bond acceptors (Lipinski definition) is 3. The van der Waals surface area contributed by atoms with Crippen molar-refractivity contribution in [1.29, 1.82) is 0 Å². The molecule has 1 aromatic rings. The maximum Gasteiger partial charge on any atom is 0.243 e. The first-order chi connectivity index (χ1) is 9.50. The molecule has 2 N–H and O–H groups in total. The molecule has 1 saturated carbocycles. The fourth-order valence-electron chi connectivity index (χ4n) is 3.02. The van der Waals surface area contributed by atoms with E-state index in [0.29, 0.717) is 13.1 Å². The molecule has 0 bridgehead atoms. The van der Waals surface area contributed by atoms with Crippen LogP contribution < -0.4 is 5.73 Å². The van der Waals surface area contributed by atoms with Crippen LogP contribution in [0.15, 0.2) is 29.2 Å². The third-order valence-corrected chi connectivity index (χ3v) is 6.00. The predicted octanol–water partition coefficient (Wildman–Crippen LogP) is 1.96. The summed E-state index contributed by atoms with van der Waals surface area (Å²) in [5.41, 5.74) is 5.74. The Balaban J connectivity index is 2.35. The lowest BCUT2D eigenvalue weighted by molar-refractivity contribution is 0.276. The van der Waals surface area contributed by atoms with Crippen LogP contribution in [0.2, 0.25) is 0 Å². The summed E-state index contributed by atoms with van der Waals surface area (Å²) in [7, 11) is -3.66. The minimum atomic E-state index is -3.66. The summed E-state index contributed by atoms with van der Waals surface area (Å²) in [5, 5.41) is 0. The third kappa shape index (κ3) is 2.87. The van der Waals surface area contributed by atoms with E-state index in [0.717, 1.165) is 25.3 Å². The number of sulfonamides is 1. The monoisotopic (exact) mass is 300 g/mol. The maximum atomic E-state index is 13.3. The Kier molecular flexibility index (Phi) is 4.78. The van der Waals surface area contributed by atoms with E-state index in [1.807, 2.05) is 6.92 Å². The van der Waals surface area contributed by atoms with Gasteiger partial charge in [0.1, 0.15) is 5.82 Å². The van der Waals surface area contributed by atoms with Gasteiger partial charge in [0.05, 0.1) is 4.90 Å². The highest BCUT2D eigenvalue weighted by atomic mass is 32.2. The molecule has 1 fully saturated rings. The zero-order chi connectivity index (χ0) is 14.8. The number of rotatable bonds is 5. The SMILES string of the molecule is CCN(C1CCCC1CN)S(=O)(=O)c1cccc(F)c1. The molecule has 0 radical (unpaired) electrons. The van der Waals surface area contributed by atoms with E-state index < -0.39 is 15.8 Å². The summed E-state index contributed by atoms with van der Waals surface area (Å²) < 4.78 is 40.1. The van der Waals surface area contributed by atoms with Crippen molar-refractivity contribution in [1.82, 2.24) is 4.31 Å². The van der Waals surface area contributed by atoms with E-state index in [1.165, 1.54) is 22.5 Å². The molecule has 6 heteroatoms. The van der Waals surface area contributed by atoms with Gasteiger partial charge >= 0.3 is 0 Å². The highest BCUT2D eigenvalue weighted by molar-refractivity contribution is 7.89. The molecule has 1 aromatic carbocycles. The first-order valence-corrected chi connectivity index (χ1v) is 8.42. The molecule has 0 aliphatic heterocycles. The van der Waals surface area contributed by atoms with E-state index in [1.54, 1.807) is 0 Å². The first kappa shape index (κ1) is 15.4. The van der Waals surface area contributed by atoms with E-state index in [-0.39, 0.29) is 16.9 Å². The average Bonchev–Trinajstić information content (AvgIpc) is 2.87. The van der Waals surface area contributed by atoms with Gasteiger partial charge in [-0.2, -0.15) is 4.31 Å². The van der Waals surface area contributed by atoms with Gasteiger partial charge in [-0.15, -0.1) is 0 Å². The molecule has 0 spiro atoms. The Labute approximate surface area is 119 Å². The van der Waals surface area contributed by atoms with Crippen molar-refractivity contribution < 1.29 is 12.8 Å². The number of nitrogens with two attached hydrogens (primary N) is 1. The lowest BCUT2D eigenvalue weighted by Gasteiger charge is -2.30. The van der Waals surface area contributed by atoms with Crippen LogP contribution in [0, 0.1) is 11.7 Å². The zero-order valence-electron chi connectivity index (χ0n) is 11.6. The average molecular weight is 300 g/mol. The van der Waals surface area contributed by atoms with Crippen molar-refractivity contribution >= 4 is 10.0 Å². The fraction of sp³-hybridized carbons (Fsp3) is 0.571. The van der Waals surface area contributed by atoms with Gasteiger partial charge in [0.25, 0.3) is 0 Å². The molecule has 0 saturated heterocycles. The van der Waals surface area contributed by atoms with Crippen LogP contribution in [-0.4, -0.2) is 31.9 Å². The number of benzene rings is 1. The quantitative estimate of drug-likeness (QED) is 0.904. The van der Waals surface area contributed by atoms with Crippen LogP contribution in [-0.2, 0) is 10.0 Å². The van der Waals surface area contributed by atoms with Crippen LogP contribution in [0.3, 0.4) is 0 Å². The Bertz CT molecular complexity index is 562. The van der Waals surface area contributed by atoms with Crippen molar-refractivity contribution in [3.05, 3.63) is 30.1 Å². The molecule has 0 amide bonds. The zero-order valence-corrected chi connectivity index (χ0v) is 12.4. The summed E-state index contributed by atoms with van der Waals surface area (Å²) in [5.74, 6) is -0.345. The van der Waals surface area contributed by atoms with Gasteiger partial charge in [0.2, 0.25) is 10.0 Å². The minimum Gasteiger partial charge on any atom is -0.330 e. The normalized spacial score (nSPS) is 23.4. The van der Waals surface area contributed by atoms with Gasteiger partial charge in [0.15, 0.2) is 0 Å². The summed E-state index contributed by atoms with van der Waals surface area (Å²) in [6.45, 7) is 2.67. The number of hydrogen-bond donors (Lipinski definition) is 1. The Morgan fingerprint density at radius 2 is 2.15 bits per heavy atom. The van der Waals surface area contributed by atoms with Gasteiger partial charge in [-0.05, 0) is 43.5 Å². The lowest BCUT2D eigenvalue weighted by atomic mass is 10.0. The number of nitrogens with zero attached hydrogens (tertiary/aromatic N) is 1. The summed E-state index contributed by atoms with van der Waals surface area (Å²) in [4.78, 5) is 0.0158. The standard InChI is InChI=1S/C14H21FN2O2S/c1-2-17(14-8-3-5-11(14)10-16)20(18,19)13-7-4-6-12(15)9-13/h4,6-7,9,11,14H,2-3,5,8,10,16H2,1H3. The Morgan fingerprint density at radius 3 is 2.75 bits per heavy atom. The van der Waals surface area contributed by atoms with Crippen molar-refractivity contribution in [2.24, 2.45) is 11.7 Å². The van der Waals surface area contributed by atoms with E-state index in [4.69, 9.17) is 5.73 Å². The first-order valence-electron chi connectivity index (χ1n) is 6.98. The van der Waals surface area contributed by atoms with Crippen molar-refractivity contribution in [2.75, 3.05) is 13.1 Å². The van der Waals surface area contributed by atoms with Crippen LogP contribution in [0.1, 0.15) is 26.2 Å². The van der Waals surface area contributed by atoms with Gasteiger partial charge in [-0.25, -0.2) is 12.8 Å². The predicted molar refractivity (Wildman–Crippen MR) is 76.1 cm³/mol. The van der Waals surface area contributed by atoms with Crippen molar-refractivity contribution in [3.8, 4) is 0 Å². The highest BCUT2D eigenvalue weighted by Gasteiger charge is 2.37. The Morgan fingerprint density at radius 1 is 1.40 bits per heavy atom. The molecule has 0 aromatic heterocycles. The van der Waals surface area contributed by atoms with Crippen LogP contribution in [0.5, 0.6) is 0 Å². The Hall–Kier alpha value is -0.980. The van der Waals surface area contributed by atoms with E-state index in [2.05, 4.69) is 0 Å². The summed E-state index contributed by atoms with van der Waals surface area (Å²) >= 11 is 0. The molecule has 1 aliphatic carbocycles. The van der Waals surface area contributed by atoms with Crippen LogP contribution >= 0.6 is 0 Å². The highest BCUT2D eigenvalue weighted by Crippen LogP contribution is 2.32. The molecule has 1 aliphatic rings. The molecule has 2 unspecified atom stereocenters. The van der Waals surface area contributed by atoms with Gasteiger partial charge in [0, 0.05) is 12.6 Å². The maximum absolute atomic E-state index is 13.3. The summed E-state index contributed by atoms with van der Waals surface area (Å²) in [6, 6.07) is 5.11. The molecule has 4 nitrogen and oxygen atoms in total. The van der Waals surface area contributed by atoms with Gasteiger partial charge in [-0.3, -0.25) is 0 Å².